The van der Waals surface area contributed by atoms with Crippen molar-refractivity contribution >= 4 is 27.8 Å². The molecule has 0 heterocycles. The highest BCUT2D eigenvalue weighted by Gasteiger charge is 2.27. The highest BCUT2D eigenvalue weighted by atomic mass is 32.2. The summed E-state index contributed by atoms with van der Waals surface area (Å²) in [5.74, 6) is -0.440. The first-order valence-corrected chi connectivity index (χ1v) is 12.6. The summed E-state index contributed by atoms with van der Waals surface area (Å²) in [6, 6.07) is 18.4. The number of nitrogens with one attached hydrogen (secondary N) is 1. The van der Waals surface area contributed by atoms with Crippen molar-refractivity contribution in [1.29, 1.82) is 0 Å². The zero-order chi connectivity index (χ0) is 25.3. The molecule has 7 nitrogen and oxygen atoms in total. The molecule has 35 heavy (non-hydrogen) atoms. The SMILES string of the molecule is CCCCOc1ccc(/C=N\NC(=O)CN(c2ccc(C)cc2)S(=O)(=O)c2ccc(F)cc2)cc1. The lowest BCUT2D eigenvalue weighted by Crippen LogP contribution is -2.39. The van der Waals surface area contributed by atoms with Crippen molar-refractivity contribution in [1.82, 2.24) is 5.43 Å². The quantitative estimate of drug-likeness (QED) is 0.237. The van der Waals surface area contributed by atoms with Crippen molar-refractivity contribution in [3.8, 4) is 5.75 Å². The Morgan fingerprint density at radius 3 is 2.31 bits per heavy atom. The number of aryl methyl sites for hydroxylation is 1. The van der Waals surface area contributed by atoms with E-state index in [-0.39, 0.29) is 4.90 Å². The van der Waals surface area contributed by atoms with E-state index in [1.165, 1.54) is 6.21 Å². The smallest absolute Gasteiger partial charge is 0.264 e. The van der Waals surface area contributed by atoms with E-state index >= 15 is 0 Å². The van der Waals surface area contributed by atoms with Crippen molar-refractivity contribution in [2.24, 2.45) is 5.10 Å². The van der Waals surface area contributed by atoms with Crippen LogP contribution >= 0.6 is 0 Å². The van der Waals surface area contributed by atoms with Crippen LogP contribution in [0.15, 0.2) is 82.8 Å². The van der Waals surface area contributed by atoms with E-state index in [4.69, 9.17) is 4.74 Å². The van der Waals surface area contributed by atoms with E-state index in [1.807, 2.05) is 19.1 Å². The molecular formula is C26H28FN3O4S. The van der Waals surface area contributed by atoms with Gasteiger partial charge in [0.2, 0.25) is 0 Å². The number of rotatable bonds is 11. The van der Waals surface area contributed by atoms with Crippen LogP contribution in [0.4, 0.5) is 10.1 Å². The molecule has 1 amide bonds. The third-order valence-electron chi connectivity index (χ3n) is 5.06. The summed E-state index contributed by atoms with van der Waals surface area (Å²) >= 11 is 0. The summed E-state index contributed by atoms with van der Waals surface area (Å²) in [6.45, 7) is 4.10. The molecule has 0 aliphatic rings. The molecule has 3 aromatic carbocycles. The van der Waals surface area contributed by atoms with Gasteiger partial charge >= 0.3 is 0 Å². The highest BCUT2D eigenvalue weighted by molar-refractivity contribution is 7.92. The molecule has 3 aromatic rings. The molecule has 0 saturated heterocycles. The van der Waals surface area contributed by atoms with Crippen molar-refractivity contribution < 1.29 is 22.3 Å². The first kappa shape index (κ1) is 25.9. The number of hydrogen-bond acceptors (Lipinski definition) is 5. The maximum Gasteiger partial charge on any atom is 0.264 e. The highest BCUT2D eigenvalue weighted by Crippen LogP contribution is 2.24. The van der Waals surface area contributed by atoms with Gasteiger partial charge in [0.1, 0.15) is 18.1 Å². The molecule has 1 N–H and O–H groups in total. The molecule has 9 heteroatoms. The largest absolute Gasteiger partial charge is 0.494 e. The van der Waals surface area contributed by atoms with Crippen LogP contribution < -0.4 is 14.5 Å². The first-order chi connectivity index (χ1) is 16.8. The molecule has 184 valence electrons. The van der Waals surface area contributed by atoms with Gasteiger partial charge in [0, 0.05) is 0 Å². The average Bonchev–Trinajstić information content (AvgIpc) is 2.84. The zero-order valence-electron chi connectivity index (χ0n) is 19.6. The van der Waals surface area contributed by atoms with E-state index in [1.54, 1.807) is 36.4 Å². The number of carbonyl (C=O) groups excluding carboxylic acids is 1. The summed E-state index contributed by atoms with van der Waals surface area (Å²) in [5.41, 5.74) is 4.34. The van der Waals surface area contributed by atoms with Gasteiger partial charge in [-0.25, -0.2) is 18.2 Å². The van der Waals surface area contributed by atoms with E-state index in [9.17, 15) is 17.6 Å². The van der Waals surface area contributed by atoms with Crippen LogP contribution in [-0.2, 0) is 14.8 Å². The Morgan fingerprint density at radius 2 is 1.69 bits per heavy atom. The van der Waals surface area contributed by atoms with Gasteiger partial charge in [-0.15, -0.1) is 0 Å². The summed E-state index contributed by atoms with van der Waals surface area (Å²) in [5, 5.41) is 3.94. The number of benzene rings is 3. The number of carbonyl (C=O) groups is 1. The minimum Gasteiger partial charge on any atom is -0.494 e. The topological polar surface area (TPSA) is 88.1 Å². The van der Waals surface area contributed by atoms with Crippen LogP contribution in [0.5, 0.6) is 5.75 Å². The molecule has 3 rings (SSSR count). The minimum absolute atomic E-state index is 0.128. The average molecular weight is 498 g/mol. The molecule has 0 radical (unpaired) electrons. The summed E-state index contributed by atoms with van der Waals surface area (Å²) in [4.78, 5) is 12.5. The fourth-order valence-electron chi connectivity index (χ4n) is 3.09. The predicted octanol–water partition coefficient (Wildman–Crippen LogP) is 4.66. The summed E-state index contributed by atoms with van der Waals surface area (Å²) in [7, 11) is -4.13. The molecule has 0 aliphatic heterocycles. The standard InChI is InChI=1S/C26H28FN3O4S/c1-3-4-17-34-24-13-7-21(8-14-24)18-28-29-26(31)19-30(23-11-5-20(2)6-12-23)35(32,33)25-15-9-22(27)10-16-25/h5-16,18H,3-4,17,19H2,1-2H3,(H,29,31)/b28-18-. The van der Waals surface area contributed by atoms with Crippen LogP contribution in [0.3, 0.4) is 0 Å². The molecular weight excluding hydrogens is 469 g/mol. The van der Waals surface area contributed by atoms with Gasteiger partial charge in [-0.1, -0.05) is 31.0 Å². The second kappa shape index (κ2) is 12.1. The zero-order valence-corrected chi connectivity index (χ0v) is 20.5. The Morgan fingerprint density at radius 1 is 1.03 bits per heavy atom. The number of halogens is 1. The van der Waals surface area contributed by atoms with Gasteiger partial charge in [0.15, 0.2) is 0 Å². The maximum absolute atomic E-state index is 13.3. The lowest BCUT2D eigenvalue weighted by Gasteiger charge is -2.23. The van der Waals surface area contributed by atoms with Crippen molar-refractivity contribution in [2.45, 2.75) is 31.6 Å². The molecule has 0 fully saturated rings. The normalized spacial score (nSPS) is 11.4. The second-order valence-corrected chi connectivity index (χ2v) is 9.73. The van der Waals surface area contributed by atoms with Gasteiger partial charge in [0.05, 0.1) is 23.4 Å². The first-order valence-electron chi connectivity index (χ1n) is 11.2. The molecule has 0 aliphatic carbocycles. The van der Waals surface area contributed by atoms with Crippen molar-refractivity contribution in [2.75, 3.05) is 17.5 Å². The number of amides is 1. The van der Waals surface area contributed by atoms with Crippen molar-refractivity contribution in [3.63, 3.8) is 0 Å². The molecule has 0 aromatic heterocycles. The van der Waals surface area contributed by atoms with Crippen LogP contribution in [0, 0.1) is 12.7 Å². The van der Waals surface area contributed by atoms with E-state index < -0.39 is 28.3 Å². The van der Waals surface area contributed by atoms with Crippen LogP contribution in [-0.4, -0.2) is 33.7 Å². The lowest BCUT2D eigenvalue weighted by molar-refractivity contribution is -0.119. The van der Waals surface area contributed by atoms with Gasteiger partial charge in [-0.2, -0.15) is 5.10 Å². The third kappa shape index (κ3) is 7.38. The minimum atomic E-state index is -4.13. The second-order valence-electron chi connectivity index (χ2n) is 7.87. The fourth-order valence-corrected chi connectivity index (χ4v) is 4.51. The number of nitrogens with zero attached hydrogens (tertiary/aromatic N) is 2. The number of hydrazone groups is 1. The molecule has 0 bridgehead atoms. The van der Waals surface area contributed by atoms with E-state index in [0.29, 0.717) is 12.3 Å². The summed E-state index contributed by atoms with van der Waals surface area (Å²) < 4.78 is 46.4. The Kier molecular flexibility index (Phi) is 8.97. The van der Waals surface area contributed by atoms with Gasteiger partial charge in [-0.3, -0.25) is 9.10 Å². The molecule has 0 saturated carbocycles. The Balaban J connectivity index is 1.71. The number of unbranched alkanes of at least 4 members (excludes halogenated alkanes) is 1. The monoisotopic (exact) mass is 497 g/mol. The number of sulfonamides is 1. The van der Waals surface area contributed by atoms with Crippen LogP contribution in [0.25, 0.3) is 0 Å². The Bertz CT molecular complexity index is 1240. The lowest BCUT2D eigenvalue weighted by atomic mass is 10.2. The number of ether oxygens (including phenoxy) is 1. The number of hydrogen-bond donors (Lipinski definition) is 1. The number of anilines is 1. The van der Waals surface area contributed by atoms with Gasteiger partial charge in [-0.05, 0) is 79.6 Å². The van der Waals surface area contributed by atoms with Crippen LogP contribution in [0.2, 0.25) is 0 Å². The van der Waals surface area contributed by atoms with Crippen molar-refractivity contribution in [3.05, 3.63) is 89.7 Å². The summed E-state index contributed by atoms with van der Waals surface area (Å²) in [6.07, 6.45) is 3.49. The fraction of sp³-hybridized carbons (Fsp3) is 0.231. The third-order valence-corrected chi connectivity index (χ3v) is 6.85. The maximum atomic E-state index is 13.3. The van der Waals surface area contributed by atoms with E-state index in [2.05, 4.69) is 17.5 Å². The molecule has 0 unspecified atom stereocenters. The predicted molar refractivity (Wildman–Crippen MR) is 135 cm³/mol. The van der Waals surface area contributed by atoms with Gasteiger partial charge in [0.25, 0.3) is 15.9 Å². The Hall–Kier alpha value is -3.72. The van der Waals surface area contributed by atoms with Crippen LogP contribution in [0.1, 0.15) is 30.9 Å². The Labute approximate surface area is 205 Å². The van der Waals surface area contributed by atoms with Gasteiger partial charge < -0.3 is 4.74 Å². The van der Waals surface area contributed by atoms with E-state index in [0.717, 1.165) is 58.3 Å². The molecule has 0 atom stereocenters. The molecule has 0 spiro atoms.